The number of rotatable bonds is 11. The highest BCUT2D eigenvalue weighted by atomic mass is 19.4. The van der Waals surface area contributed by atoms with Crippen molar-refractivity contribution in [2.75, 3.05) is 38.4 Å². The number of ketones is 1. The lowest BCUT2D eigenvalue weighted by atomic mass is 9.99. The molecule has 39 heavy (non-hydrogen) atoms. The third-order valence-corrected chi connectivity index (χ3v) is 5.98. The number of nitrogens with two attached hydrogens (primary N) is 1. The van der Waals surface area contributed by atoms with Crippen molar-refractivity contribution in [2.24, 2.45) is 4.99 Å². The van der Waals surface area contributed by atoms with Gasteiger partial charge in [-0.1, -0.05) is 12.1 Å². The molecule has 3 aromatic rings. The van der Waals surface area contributed by atoms with E-state index in [0.29, 0.717) is 65.7 Å². The number of carbonyl (C=O) groups is 1. The second kappa shape index (κ2) is 12.0. The smallest absolute Gasteiger partial charge is 0.416 e. The van der Waals surface area contributed by atoms with E-state index in [-0.39, 0.29) is 18.2 Å². The zero-order chi connectivity index (χ0) is 28.0. The van der Waals surface area contributed by atoms with Crippen LogP contribution in [0, 0.1) is 0 Å². The van der Waals surface area contributed by atoms with Crippen LogP contribution in [0.5, 0.6) is 5.75 Å². The molecule has 1 aliphatic heterocycles. The van der Waals surface area contributed by atoms with Crippen LogP contribution in [-0.4, -0.2) is 53.8 Å². The molecule has 0 bridgehead atoms. The number of Topliss-reactive ketones (excluding diaryl/α,β-unsaturated/α-hetero) is 1. The van der Waals surface area contributed by atoms with Crippen LogP contribution < -0.4 is 15.8 Å². The Balaban J connectivity index is 1.63. The molecule has 0 amide bonds. The highest BCUT2D eigenvalue weighted by Crippen LogP contribution is 2.38. The normalized spacial score (nSPS) is 13.4. The first kappa shape index (κ1) is 27.7. The number of aliphatic imine (C=N–C) groups is 1. The second-order valence-corrected chi connectivity index (χ2v) is 8.72. The van der Waals surface area contributed by atoms with Gasteiger partial charge in [-0.3, -0.25) is 9.79 Å². The first-order valence-electron chi connectivity index (χ1n) is 12.1. The number of hydrogen-bond acceptors (Lipinski definition) is 9. The summed E-state index contributed by atoms with van der Waals surface area (Å²) in [5.41, 5.74) is 8.76. The summed E-state index contributed by atoms with van der Waals surface area (Å²) in [7, 11) is 2.95. The molecule has 0 saturated heterocycles. The van der Waals surface area contributed by atoms with E-state index in [1.807, 2.05) is 0 Å². The Morgan fingerprint density at radius 1 is 1.10 bits per heavy atom. The minimum absolute atomic E-state index is 0.00945. The van der Waals surface area contributed by atoms with Gasteiger partial charge in [0.25, 0.3) is 0 Å². The standard InChI is InChI=1S/C27H27F3N6O3/c1-38-15-19(37)4-3-10-32-26-33-11-9-21(36-26)20-13-22(16-5-7-18(8-6-16)27(28,29)30)35-24(20)17-12-23(39-2)25(31)34-14-17/h5-9,11-12,14H,3-4,10,13,15H2,1-2H3,(H2,31,34)(H,32,33,36). The van der Waals surface area contributed by atoms with Crippen LogP contribution >= 0.6 is 0 Å². The highest BCUT2D eigenvalue weighted by molar-refractivity contribution is 6.16. The summed E-state index contributed by atoms with van der Waals surface area (Å²) in [6.07, 6.45) is -0.00540. The first-order chi connectivity index (χ1) is 18.7. The van der Waals surface area contributed by atoms with Gasteiger partial charge in [0.1, 0.15) is 6.61 Å². The van der Waals surface area contributed by atoms with E-state index in [2.05, 4.69) is 20.3 Å². The predicted molar refractivity (Wildman–Crippen MR) is 141 cm³/mol. The topological polar surface area (TPSA) is 125 Å². The molecule has 204 valence electrons. The Labute approximate surface area is 223 Å². The second-order valence-electron chi connectivity index (χ2n) is 8.72. The number of anilines is 2. The van der Waals surface area contributed by atoms with Crippen LogP contribution in [0.15, 0.2) is 53.8 Å². The Kier molecular flexibility index (Phi) is 8.55. The molecule has 0 spiro atoms. The summed E-state index contributed by atoms with van der Waals surface area (Å²) in [5, 5.41) is 3.12. The molecule has 0 atom stereocenters. The van der Waals surface area contributed by atoms with Crippen LogP contribution in [0.2, 0.25) is 0 Å². The summed E-state index contributed by atoms with van der Waals surface area (Å²) in [6, 6.07) is 8.31. The monoisotopic (exact) mass is 540 g/mol. The number of nitrogens with zero attached hydrogens (tertiary/aromatic N) is 4. The summed E-state index contributed by atoms with van der Waals surface area (Å²) in [5.74, 6) is 0.959. The lowest BCUT2D eigenvalue weighted by Gasteiger charge is -2.10. The van der Waals surface area contributed by atoms with Crippen LogP contribution in [0.25, 0.3) is 11.3 Å². The molecule has 2 aromatic heterocycles. The number of nitrogen functional groups attached to an aromatic ring is 1. The molecular formula is C27H27F3N6O3. The number of aromatic nitrogens is 3. The van der Waals surface area contributed by atoms with E-state index in [4.69, 9.17) is 20.2 Å². The largest absolute Gasteiger partial charge is 0.493 e. The molecule has 0 aliphatic carbocycles. The summed E-state index contributed by atoms with van der Waals surface area (Å²) in [6.45, 7) is 0.562. The average Bonchev–Trinajstić information content (AvgIpc) is 3.37. The quantitative estimate of drug-likeness (QED) is 0.337. The molecule has 0 radical (unpaired) electrons. The number of alkyl halides is 3. The van der Waals surface area contributed by atoms with E-state index < -0.39 is 11.7 Å². The van der Waals surface area contributed by atoms with E-state index in [1.165, 1.54) is 26.4 Å². The van der Waals surface area contributed by atoms with Crippen LogP contribution in [0.1, 0.15) is 41.6 Å². The zero-order valence-corrected chi connectivity index (χ0v) is 21.4. The van der Waals surface area contributed by atoms with Gasteiger partial charge in [-0.2, -0.15) is 13.2 Å². The summed E-state index contributed by atoms with van der Waals surface area (Å²) >= 11 is 0. The van der Waals surface area contributed by atoms with Crippen molar-refractivity contribution >= 4 is 34.5 Å². The zero-order valence-electron chi connectivity index (χ0n) is 21.4. The number of halogens is 3. The molecule has 4 rings (SSSR count). The third-order valence-electron chi connectivity index (χ3n) is 5.98. The van der Waals surface area contributed by atoms with E-state index >= 15 is 0 Å². The molecular weight excluding hydrogens is 513 g/mol. The van der Waals surface area contributed by atoms with Gasteiger partial charge in [-0.25, -0.2) is 15.0 Å². The molecule has 3 heterocycles. The van der Waals surface area contributed by atoms with E-state index in [9.17, 15) is 18.0 Å². The summed E-state index contributed by atoms with van der Waals surface area (Å²) < 4.78 is 49.4. The van der Waals surface area contributed by atoms with Crippen molar-refractivity contribution < 1.29 is 27.4 Å². The van der Waals surface area contributed by atoms with Crippen LogP contribution in [0.4, 0.5) is 24.9 Å². The van der Waals surface area contributed by atoms with Crippen molar-refractivity contribution in [3.8, 4) is 5.75 Å². The van der Waals surface area contributed by atoms with Gasteiger partial charge in [-0.05, 0) is 36.2 Å². The molecule has 1 aliphatic rings. The first-order valence-corrected chi connectivity index (χ1v) is 12.1. The van der Waals surface area contributed by atoms with Gasteiger partial charge in [0.2, 0.25) is 5.95 Å². The Morgan fingerprint density at radius 2 is 1.87 bits per heavy atom. The average molecular weight is 541 g/mol. The van der Waals surface area contributed by atoms with E-state index in [0.717, 1.165) is 17.7 Å². The SMILES string of the molecule is COCC(=O)CCCNc1nccc(C2=C(c3cnc(N)c(OC)c3)N=C(c3ccc(C(F)(F)F)cc3)C2)n1. The number of methoxy groups -OCH3 is 2. The molecule has 1 aromatic carbocycles. The molecule has 0 unspecified atom stereocenters. The number of carbonyl (C=O) groups excluding carboxylic acids is 1. The van der Waals surface area contributed by atoms with Crippen molar-refractivity contribution in [3.63, 3.8) is 0 Å². The van der Waals surface area contributed by atoms with Crippen LogP contribution in [-0.2, 0) is 15.7 Å². The lowest BCUT2D eigenvalue weighted by Crippen LogP contribution is -2.11. The number of hydrogen-bond donors (Lipinski definition) is 2. The van der Waals surface area contributed by atoms with E-state index in [1.54, 1.807) is 24.5 Å². The van der Waals surface area contributed by atoms with Gasteiger partial charge < -0.3 is 20.5 Å². The van der Waals surface area contributed by atoms with Crippen molar-refractivity contribution in [1.29, 1.82) is 0 Å². The fourth-order valence-corrected chi connectivity index (χ4v) is 4.04. The van der Waals surface area contributed by atoms with Gasteiger partial charge in [-0.15, -0.1) is 0 Å². The maximum atomic E-state index is 13.1. The third kappa shape index (κ3) is 6.77. The molecule has 0 fully saturated rings. The number of pyridine rings is 1. The molecule has 0 saturated carbocycles. The van der Waals surface area contributed by atoms with Crippen molar-refractivity contribution in [1.82, 2.24) is 15.0 Å². The molecule has 12 heteroatoms. The Bertz CT molecular complexity index is 1400. The van der Waals surface area contributed by atoms with Crippen LogP contribution in [0.3, 0.4) is 0 Å². The summed E-state index contributed by atoms with van der Waals surface area (Å²) in [4.78, 5) is 29.5. The number of nitrogens with one attached hydrogen (secondary N) is 1. The predicted octanol–water partition coefficient (Wildman–Crippen LogP) is 4.65. The van der Waals surface area contributed by atoms with Gasteiger partial charge >= 0.3 is 6.18 Å². The fourth-order valence-electron chi connectivity index (χ4n) is 4.04. The maximum Gasteiger partial charge on any atom is 0.416 e. The van der Waals surface area contributed by atoms with Gasteiger partial charge in [0.05, 0.1) is 29.8 Å². The molecule has 3 N–H and O–H groups in total. The number of allylic oxidation sites excluding steroid dienone is 1. The Hall–Kier alpha value is -4.32. The van der Waals surface area contributed by atoms with Crippen molar-refractivity contribution in [2.45, 2.75) is 25.4 Å². The number of benzene rings is 1. The van der Waals surface area contributed by atoms with Gasteiger partial charge in [0, 0.05) is 50.0 Å². The highest BCUT2D eigenvalue weighted by Gasteiger charge is 2.31. The fraction of sp³-hybridized carbons (Fsp3) is 0.296. The minimum Gasteiger partial charge on any atom is -0.493 e. The molecule has 9 nitrogen and oxygen atoms in total. The minimum atomic E-state index is -4.43. The Morgan fingerprint density at radius 3 is 2.56 bits per heavy atom. The lowest BCUT2D eigenvalue weighted by molar-refractivity contribution is -0.137. The van der Waals surface area contributed by atoms with Crippen molar-refractivity contribution in [3.05, 3.63) is 71.2 Å². The number of ether oxygens (including phenoxy) is 2. The maximum absolute atomic E-state index is 13.1. The van der Waals surface area contributed by atoms with Gasteiger partial charge in [0.15, 0.2) is 17.4 Å².